The van der Waals surface area contributed by atoms with E-state index in [1.807, 2.05) is 24.3 Å². The molecule has 32 heavy (non-hydrogen) atoms. The summed E-state index contributed by atoms with van der Waals surface area (Å²) < 4.78 is 7.86. The van der Waals surface area contributed by atoms with Gasteiger partial charge in [-0.05, 0) is 32.0 Å². The second kappa shape index (κ2) is 7.80. The number of aryl methyl sites for hydroxylation is 1. The predicted molar refractivity (Wildman–Crippen MR) is 128 cm³/mol. The van der Waals surface area contributed by atoms with Gasteiger partial charge in [0.2, 0.25) is 0 Å². The highest BCUT2D eigenvalue weighted by Gasteiger charge is 2.48. The van der Waals surface area contributed by atoms with Crippen LogP contribution in [0, 0.1) is 13.8 Å². The van der Waals surface area contributed by atoms with Crippen molar-refractivity contribution in [3.05, 3.63) is 79.8 Å². The summed E-state index contributed by atoms with van der Waals surface area (Å²) in [6.07, 6.45) is 1.51. The van der Waals surface area contributed by atoms with E-state index in [-0.39, 0.29) is 11.6 Å². The van der Waals surface area contributed by atoms with Crippen molar-refractivity contribution in [2.45, 2.75) is 38.3 Å². The molecule has 5 rings (SSSR count). The Morgan fingerprint density at radius 3 is 2.53 bits per heavy atom. The Bertz CT molecular complexity index is 1270. The van der Waals surface area contributed by atoms with Crippen molar-refractivity contribution in [1.29, 1.82) is 0 Å². The molecule has 3 heterocycles. The zero-order valence-corrected chi connectivity index (χ0v) is 19.5. The second-order valence-electron chi connectivity index (χ2n) is 8.49. The van der Waals surface area contributed by atoms with E-state index < -0.39 is 5.60 Å². The molecule has 166 valence electrons. The van der Waals surface area contributed by atoms with Crippen LogP contribution in [0.25, 0.3) is 5.69 Å². The summed E-state index contributed by atoms with van der Waals surface area (Å²) in [6.45, 7) is 5.02. The Morgan fingerprint density at radius 1 is 1.09 bits per heavy atom. The van der Waals surface area contributed by atoms with Crippen molar-refractivity contribution < 1.29 is 4.74 Å². The first kappa shape index (κ1) is 21.3. The van der Waals surface area contributed by atoms with Crippen LogP contribution < -0.4 is 20.9 Å². The van der Waals surface area contributed by atoms with Crippen LogP contribution >= 0.6 is 23.2 Å². The van der Waals surface area contributed by atoms with Gasteiger partial charge in [-0.25, -0.2) is 4.98 Å². The molecule has 0 saturated carbocycles. The number of ether oxygens (including phenoxy) is 1. The lowest BCUT2D eigenvalue weighted by molar-refractivity contribution is 0.0430. The molecule has 2 aliphatic heterocycles. The molecule has 2 aromatic carbocycles. The summed E-state index contributed by atoms with van der Waals surface area (Å²) in [7, 11) is 0. The van der Waals surface area contributed by atoms with Gasteiger partial charge in [0.15, 0.2) is 0 Å². The van der Waals surface area contributed by atoms with Crippen LogP contribution in [0.2, 0.25) is 10.0 Å². The van der Waals surface area contributed by atoms with E-state index in [0.29, 0.717) is 46.0 Å². The van der Waals surface area contributed by atoms with E-state index in [1.54, 1.807) is 32.0 Å². The minimum Gasteiger partial charge on any atom is -0.485 e. The summed E-state index contributed by atoms with van der Waals surface area (Å²) in [5.41, 5.74) is 8.19. The van der Waals surface area contributed by atoms with E-state index in [2.05, 4.69) is 4.90 Å². The lowest BCUT2D eigenvalue weighted by Gasteiger charge is -2.41. The van der Waals surface area contributed by atoms with Gasteiger partial charge in [-0.15, -0.1) is 0 Å². The Labute approximate surface area is 196 Å². The van der Waals surface area contributed by atoms with E-state index >= 15 is 0 Å². The summed E-state index contributed by atoms with van der Waals surface area (Å²) in [5.74, 6) is 2.13. The van der Waals surface area contributed by atoms with Crippen LogP contribution in [0.4, 0.5) is 5.82 Å². The average Bonchev–Trinajstić information content (AvgIpc) is 3.06. The molecule has 0 amide bonds. The third-order valence-corrected chi connectivity index (χ3v) is 7.48. The second-order valence-corrected chi connectivity index (χ2v) is 9.28. The van der Waals surface area contributed by atoms with Gasteiger partial charge in [0.1, 0.15) is 23.0 Å². The normalized spacial score (nSPS) is 19.2. The van der Waals surface area contributed by atoms with Gasteiger partial charge in [0.25, 0.3) is 5.56 Å². The van der Waals surface area contributed by atoms with Gasteiger partial charge in [-0.2, -0.15) is 0 Å². The fourth-order valence-corrected chi connectivity index (χ4v) is 5.24. The topological polar surface area (TPSA) is 73.4 Å². The molecule has 0 aliphatic carbocycles. The number of nitrogens with zero attached hydrogens (tertiary/aromatic N) is 3. The molecule has 1 spiro atoms. The molecule has 1 aromatic heterocycles. The molecule has 1 fully saturated rings. The van der Waals surface area contributed by atoms with Gasteiger partial charge >= 0.3 is 0 Å². The molecular weight excluding hydrogens is 447 g/mol. The van der Waals surface area contributed by atoms with Crippen molar-refractivity contribution in [1.82, 2.24) is 9.55 Å². The number of para-hydroxylation sites is 1. The van der Waals surface area contributed by atoms with Crippen molar-refractivity contribution in [3.63, 3.8) is 0 Å². The van der Waals surface area contributed by atoms with Crippen molar-refractivity contribution in [2.75, 3.05) is 18.0 Å². The molecule has 0 unspecified atom stereocenters. The molecule has 0 radical (unpaired) electrons. The molecule has 3 aromatic rings. The number of aromatic nitrogens is 2. The van der Waals surface area contributed by atoms with Crippen molar-refractivity contribution in [3.8, 4) is 11.4 Å². The van der Waals surface area contributed by atoms with Crippen LogP contribution in [-0.4, -0.2) is 28.2 Å². The number of hydrogen-bond donors (Lipinski definition) is 1. The molecule has 1 atom stereocenters. The van der Waals surface area contributed by atoms with E-state index in [0.717, 1.165) is 24.2 Å². The van der Waals surface area contributed by atoms with Crippen molar-refractivity contribution >= 4 is 29.0 Å². The zero-order chi connectivity index (χ0) is 22.6. The number of piperidine rings is 1. The molecular formula is C24H24Cl2N4O2. The fraction of sp³-hybridized carbons (Fsp3) is 0.333. The first-order valence-electron chi connectivity index (χ1n) is 10.7. The molecule has 0 bridgehead atoms. The highest BCUT2D eigenvalue weighted by molar-refractivity contribution is 6.43. The summed E-state index contributed by atoms with van der Waals surface area (Å²) in [4.78, 5) is 20.3. The summed E-state index contributed by atoms with van der Waals surface area (Å²) >= 11 is 12.5. The minimum atomic E-state index is -0.410. The maximum absolute atomic E-state index is 13.3. The molecule has 2 N–H and O–H groups in total. The summed E-state index contributed by atoms with van der Waals surface area (Å²) in [5, 5.41) is 0.729. The summed E-state index contributed by atoms with van der Waals surface area (Å²) in [6, 6.07) is 13.1. The van der Waals surface area contributed by atoms with Crippen LogP contribution in [-0.2, 0) is 0 Å². The number of benzene rings is 2. The number of anilines is 1. The maximum atomic E-state index is 13.3. The highest BCUT2D eigenvalue weighted by Crippen LogP contribution is 2.47. The first-order chi connectivity index (χ1) is 15.3. The Morgan fingerprint density at radius 2 is 1.81 bits per heavy atom. The third kappa shape index (κ3) is 3.20. The zero-order valence-electron chi connectivity index (χ0n) is 17.9. The van der Waals surface area contributed by atoms with Crippen LogP contribution in [0.5, 0.6) is 5.75 Å². The lowest BCUT2D eigenvalue weighted by atomic mass is 9.83. The molecule has 8 heteroatoms. The fourth-order valence-electron chi connectivity index (χ4n) is 4.86. The average molecular weight is 471 g/mol. The van der Waals surface area contributed by atoms with E-state index in [1.165, 1.54) is 4.57 Å². The Kier molecular flexibility index (Phi) is 5.19. The highest BCUT2D eigenvalue weighted by atomic mass is 35.5. The van der Waals surface area contributed by atoms with Crippen LogP contribution in [0.3, 0.4) is 0 Å². The maximum Gasteiger partial charge on any atom is 0.263 e. The van der Waals surface area contributed by atoms with Crippen LogP contribution in [0.1, 0.15) is 35.8 Å². The molecule has 1 saturated heterocycles. The Hall–Kier alpha value is -2.54. The first-order valence-corrected chi connectivity index (χ1v) is 11.4. The predicted octanol–water partition coefficient (Wildman–Crippen LogP) is 4.59. The monoisotopic (exact) mass is 470 g/mol. The number of hydrogen-bond acceptors (Lipinski definition) is 5. The van der Waals surface area contributed by atoms with Gasteiger partial charge in [0.05, 0.1) is 27.3 Å². The van der Waals surface area contributed by atoms with E-state index in [9.17, 15) is 4.79 Å². The smallest absolute Gasteiger partial charge is 0.263 e. The Balaban J connectivity index is 1.44. The van der Waals surface area contributed by atoms with Crippen LogP contribution in [0.15, 0.2) is 47.3 Å². The number of halogens is 2. The minimum absolute atomic E-state index is 0.154. The van der Waals surface area contributed by atoms with E-state index in [4.69, 9.17) is 38.7 Å². The van der Waals surface area contributed by atoms with Gasteiger partial charge < -0.3 is 15.4 Å². The largest absolute Gasteiger partial charge is 0.485 e. The number of nitrogens with two attached hydrogens (primary N) is 1. The lowest BCUT2D eigenvalue weighted by Crippen LogP contribution is -2.52. The third-order valence-electron chi connectivity index (χ3n) is 6.67. The van der Waals surface area contributed by atoms with Gasteiger partial charge in [-0.3, -0.25) is 9.36 Å². The standard InChI is InChI=1S/C24H24Cl2N4O2/c1-14-22(28-15(2)30(23(14)31)18-8-5-7-17(25)20(18)26)29-12-10-24(11-13-29)21(27)16-6-3-4-9-19(16)32-24/h3-9,21H,10-13,27H2,1-2H3/t21-/m0/s1. The number of fused-ring (bicyclic) bond motifs is 1. The quantitative estimate of drug-likeness (QED) is 0.592. The SMILES string of the molecule is Cc1c(N2CCC3(CC2)Oc2ccccc2[C@@H]3N)nc(C)n(-c2cccc(Cl)c2Cl)c1=O. The van der Waals surface area contributed by atoms with Gasteiger partial charge in [-0.1, -0.05) is 47.5 Å². The molecule has 2 aliphatic rings. The van der Waals surface area contributed by atoms with Crippen molar-refractivity contribution in [2.24, 2.45) is 5.73 Å². The number of rotatable bonds is 2. The molecule has 6 nitrogen and oxygen atoms in total. The van der Waals surface area contributed by atoms with Gasteiger partial charge in [0, 0.05) is 31.5 Å².